The lowest BCUT2D eigenvalue weighted by Crippen LogP contribution is -2.27. The number of halogens is 1. The highest BCUT2D eigenvalue weighted by atomic mass is 19.1. The zero-order chi connectivity index (χ0) is 17.6. The van der Waals surface area contributed by atoms with Crippen molar-refractivity contribution in [3.8, 4) is 11.8 Å². The van der Waals surface area contributed by atoms with E-state index in [9.17, 15) is 14.4 Å². The van der Waals surface area contributed by atoms with Crippen LogP contribution in [-0.4, -0.2) is 4.98 Å². The van der Waals surface area contributed by atoms with Crippen LogP contribution in [0, 0.1) is 17.1 Å². The van der Waals surface area contributed by atoms with E-state index in [2.05, 4.69) is 4.98 Å². The summed E-state index contributed by atoms with van der Waals surface area (Å²) < 4.78 is 19.4. The highest BCUT2D eigenvalue weighted by Crippen LogP contribution is 2.42. The lowest BCUT2D eigenvalue weighted by molar-refractivity contribution is 0.397. The molecule has 1 aliphatic rings. The summed E-state index contributed by atoms with van der Waals surface area (Å²) in [6.07, 6.45) is 0. The Morgan fingerprint density at radius 3 is 2.76 bits per heavy atom. The van der Waals surface area contributed by atoms with Crippen LogP contribution in [0.4, 0.5) is 4.39 Å². The summed E-state index contributed by atoms with van der Waals surface area (Å²) in [6, 6.07) is 14.9. The fraction of sp³-hybridized carbons (Fsp3) is 0.0526. The Bertz CT molecular complexity index is 1140. The number of para-hydroxylation sites is 1. The van der Waals surface area contributed by atoms with Crippen LogP contribution in [0.2, 0.25) is 0 Å². The van der Waals surface area contributed by atoms with Crippen molar-refractivity contribution in [3.05, 3.63) is 87.3 Å². The fourth-order valence-corrected chi connectivity index (χ4v) is 3.19. The minimum absolute atomic E-state index is 0.0823. The Kier molecular flexibility index (Phi) is 3.29. The predicted molar refractivity (Wildman–Crippen MR) is 90.3 cm³/mol. The molecule has 0 fully saturated rings. The lowest BCUT2D eigenvalue weighted by Gasteiger charge is -2.26. The summed E-state index contributed by atoms with van der Waals surface area (Å²) >= 11 is 0. The van der Waals surface area contributed by atoms with Gasteiger partial charge in [-0.15, -0.1) is 0 Å². The number of nitrogens with zero attached hydrogens (tertiary/aromatic N) is 1. The minimum Gasteiger partial charge on any atom is -0.439 e. The normalized spacial score (nSPS) is 16.2. The predicted octanol–water partition coefficient (Wildman–Crippen LogP) is 2.89. The van der Waals surface area contributed by atoms with E-state index in [-0.39, 0.29) is 17.0 Å². The quantitative estimate of drug-likeness (QED) is 0.716. The third-order valence-corrected chi connectivity index (χ3v) is 4.27. The average molecular weight is 333 g/mol. The molecule has 0 spiro atoms. The van der Waals surface area contributed by atoms with Crippen LogP contribution in [-0.2, 0) is 0 Å². The molecule has 6 heteroatoms. The van der Waals surface area contributed by atoms with Crippen LogP contribution in [0.1, 0.15) is 17.0 Å². The second kappa shape index (κ2) is 5.49. The first kappa shape index (κ1) is 15.0. The van der Waals surface area contributed by atoms with Crippen molar-refractivity contribution in [2.24, 2.45) is 5.73 Å². The van der Waals surface area contributed by atoms with Crippen LogP contribution in [0.3, 0.4) is 0 Å². The molecule has 3 N–H and O–H groups in total. The molecule has 3 aromatic rings. The van der Waals surface area contributed by atoms with E-state index in [1.807, 2.05) is 6.07 Å². The fourth-order valence-electron chi connectivity index (χ4n) is 3.19. The van der Waals surface area contributed by atoms with Gasteiger partial charge in [-0.3, -0.25) is 4.79 Å². The smallest absolute Gasteiger partial charge is 0.256 e. The van der Waals surface area contributed by atoms with Gasteiger partial charge < -0.3 is 15.5 Å². The summed E-state index contributed by atoms with van der Waals surface area (Å²) in [4.78, 5) is 15.5. The SMILES string of the molecule is N#CC1=C(N)Oc2c(c(=O)[nH]c3ccccc23)[C@@H]1c1cccc(F)c1. The second-order valence-corrected chi connectivity index (χ2v) is 5.72. The summed E-state index contributed by atoms with van der Waals surface area (Å²) in [5.41, 5.74) is 6.93. The first-order valence-corrected chi connectivity index (χ1v) is 7.58. The van der Waals surface area contributed by atoms with E-state index in [0.717, 1.165) is 0 Å². The Hall–Kier alpha value is -3.59. The van der Waals surface area contributed by atoms with E-state index in [1.54, 1.807) is 30.3 Å². The number of ether oxygens (including phenoxy) is 1. The van der Waals surface area contributed by atoms with Gasteiger partial charge in [0.15, 0.2) is 0 Å². The number of nitrogens with two attached hydrogens (primary N) is 1. The first-order valence-electron chi connectivity index (χ1n) is 7.58. The topological polar surface area (TPSA) is 91.9 Å². The average Bonchev–Trinajstić information content (AvgIpc) is 2.60. The molecule has 0 radical (unpaired) electrons. The van der Waals surface area contributed by atoms with Crippen molar-refractivity contribution in [3.63, 3.8) is 0 Å². The van der Waals surface area contributed by atoms with Gasteiger partial charge in [0.2, 0.25) is 5.88 Å². The molecule has 122 valence electrons. The molecule has 0 unspecified atom stereocenters. The molecule has 25 heavy (non-hydrogen) atoms. The number of allylic oxidation sites excluding steroid dienone is 1. The lowest BCUT2D eigenvalue weighted by atomic mass is 9.83. The zero-order valence-electron chi connectivity index (χ0n) is 12.9. The maximum Gasteiger partial charge on any atom is 0.256 e. The van der Waals surface area contributed by atoms with Crippen molar-refractivity contribution in [1.29, 1.82) is 5.26 Å². The van der Waals surface area contributed by atoms with Gasteiger partial charge >= 0.3 is 0 Å². The largest absolute Gasteiger partial charge is 0.439 e. The Labute approximate surface area is 141 Å². The maximum absolute atomic E-state index is 13.7. The van der Waals surface area contributed by atoms with Gasteiger partial charge in [0.05, 0.1) is 17.0 Å². The number of nitriles is 1. The molecule has 4 rings (SSSR count). The number of nitrogens with one attached hydrogen (secondary N) is 1. The van der Waals surface area contributed by atoms with Gasteiger partial charge in [-0.25, -0.2) is 4.39 Å². The van der Waals surface area contributed by atoms with E-state index >= 15 is 0 Å². The number of aromatic amines is 1. The van der Waals surface area contributed by atoms with Crippen molar-refractivity contribution in [1.82, 2.24) is 4.98 Å². The number of H-pyrrole nitrogens is 1. The third-order valence-electron chi connectivity index (χ3n) is 4.27. The summed E-state index contributed by atoms with van der Waals surface area (Å²) in [5, 5.41) is 10.2. The molecule has 2 heterocycles. The van der Waals surface area contributed by atoms with Gasteiger partial charge in [-0.2, -0.15) is 5.26 Å². The number of hydrogen-bond acceptors (Lipinski definition) is 4. The van der Waals surface area contributed by atoms with Crippen molar-refractivity contribution in [2.75, 3.05) is 0 Å². The molecular weight excluding hydrogens is 321 g/mol. The molecule has 0 amide bonds. The number of pyridine rings is 1. The third kappa shape index (κ3) is 2.25. The van der Waals surface area contributed by atoms with Crippen molar-refractivity contribution in [2.45, 2.75) is 5.92 Å². The van der Waals surface area contributed by atoms with Crippen molar-refractivity contribution >= 4 is 10.9 Å². The van der Waals surface area contributed by atoms with Crippen LogP contribution in [0.25, 0.3) is 10.9 Å². The number of aromatic nitrogens is 1. The van der Waals surface area contributed by atoms with Gasteiger partial charge in [-0.05, 0) is 29.8 Å². The monoisotopic (exact) mass is 333 g/mol. The molecule has 0 saturated heterocycles. The highest BCUT2D eigenvalue weighted by molar-refractivity contribution is 5.87. The molecule has 5 nitrogen and oxygen atoms in total. The summed E-state index contributed by atoms with van der Waals surface area (Å²) in [5.74, 6) is -1.04. The zero-order valence-corrected chi connectivity index (χ0v) is 12.9. The van der Waals surface area contributed by atoms with E-state index in [4.69, 9.17) is 10.5 Å². The number of benzene rings is 2. The van der Waals surface area contributed by atoms with Gasteiger partial charge in [0, 0.05) is 5.39 Å². The summed E-state index contributed by atoms with van der Waals surface area (Å²) in [7, 11) is 0. The number of rotatable bonds is 1. The molecule has 0 bridgehead atoms. The van der Waals surface area contributed by atoms with E-state index < -0.39 is 17.3 Å². The van der Waals surface area contributed by atoms with E-state index in [0.29, 0.717) is 22.2 Å². The highest BCUT2D eigenvalue weighted by Gasteiger charge is 2.34. The molecular formula is C19H12FN3O2. The molecule has 1 atom stereocenters. The Balaban J connectivity index is 2.10. The molecule has 1 aliphatic heterocycles. The van der Waals surface area contributed by atoms with Crippen LogP contribution >= 0.6 is 0 Å². The molecule has 0 saturated carbocycles. The van der Waals surface area contributed by atoms with Crippen LogP contribution in [0.5, 0.6) is 5.75 Å². The minimum atomic E-state index is -0.794. The van der Waals surface area contributed by atoms with Crippen molar-refractivity contribution < 1.29 is 9.13 Å². The molecule has 1 aromatic heterocycles. The van der Waals surface area contributed by atoms with E-state index in [1.165, 1.54) is 18.2 Å². The van der Waals surface area contributed by atoms with Gasteiger partial charge in [-0.1, -0.05) is 24.3 Å². The molecule has 2 aromatic carbocycles. The van der Waals surface area contributed by atoms with Crippen LogP contribution in [0.15, 0.2) is 64.8 Å². The standard InChI is InChI=1S/C19H12FN3O2/c20-11-5-3-4-10(8-11)15-13(9-21)18(22)25-17-12-6-1-2-7-14(12)23-19(24)16(15)17/h1-8,15H,22H2,(H,23,24)/t15-/m1/s1. The summed E-state index contributed by atoms with van der Waals surface area (Å²) in [6.45, 7) is 0. The number of fused-ring (bicyclic) bond motifs is 3. The van der Waals surface area contributed by atoms with Crippen LogP contribution < -0.4 is 16.0 Å². The van der Waals surface area contributed by atoms with Gasteiger partial charge in [0.1, 0.15) is 23.2 Å². The number of hydrogen-bond donors (Lipinski definition) is 2. The Morgan fingerprint density at radius 2 is 2.00 bits per heavy atom. The first-order chi connectivity index (χ1) is 12.1. The second-order valence-electron chi connectivity index (χ2n) is 5.72. The molecule has 0 aliphatic carbocycles. The Morgan fingerprint density at radius 1 is 1.20 bits per heavy atom. The van der Waals surface area contributed by atoms with Gasteiger partial charge in [0.25, 0.3) is 5.56 Å². The maximum atomic E-state index is 13.7.